The fourth-order valence-corrected chi connectivity index (χ4v) is 11.5. The largest absolute Gasteiger partial charge is 0.456 e. The lowest BCUT2D eigenvalue weighted by molar-refractivity contribution is 0.419. The molecule has 4 nitrogen and oxygen atoms in total. The first-order valence-corrected chi connectivity index (χ1v) is 24.1. The number of unbranched alkanes of at least 4 members (excludes halogenated alkanes) is 3. The molecule has 8 aromatic rings. The van der Waals surface area contributed by atoms with Gasteiger partial charge in [-0.15, -0.1) is 0 Å². The van der Waals surface area contributed by atoms with Crippen molar-refractivity contribution in [1.29, 1.82) is 0 Å². The van der Waals surface area contributed by atoms with Gasteiger partial charge in [0.15, 0.2) is 0 Å². The topological polar surface area (TPSA) is 22.9 Å². The molecule has 1 unspecified atom stereocenters. The van der Waals surface area contributed by atoms with Crippen molar-refractivity contribution in [1.82, 2.24) is 0 Å². The Kier molecular flexibility index (Phi) is 9.70. The number of benzene rings is 7. The maximum Gasteiger partial charge on any atom is 0.252 e. The van der Waals surface area contributed by atoms with E-state index in [1.807, 2.05) is 0 Å². The van der Waals surface area contributed by atoms with Gasteiger partial charge in [-0.25, -0.2) is 0 Å². The number of anilines is 8. The van der Waals surface area contributed by atoms with Crippen LogP contribution < -0.4 is 31.1 Å². The summed E-state index contributed by atoms with van der Waals surface area (Å²) in [5.41, 5.74) is 21.3. The van der Waals surface area contributed by atoms with E-state index in [0.717, 1.165) is 51.1 Å². The van der Waals surface area contributed by atoms with E-state index in [2.05, 4.69) is 217 Å². The van der Waals surface area contributed by atoms with Crippen LogP contribution in [0.5, 0.6) is 0 Å². The fourth-order valence-electron chi connectivity index (χ4n) is 11.5. The van der Waals surface area contributed by atoms with Gasteiger partial charge >= 0.3 is 0 Å². The van der Waals surface area contributed by atoms with Gasteiger partial charge in [-0.2, -0.15) is 0 Å². The Morgan fingerprint density at radius 2 is 1.28 bits per heavy atom. The van der Waals surface area contributed by atoms with E-state index in [0.29, 0.717) is 0 Å². The van der Waals surface area contributed by atoms with Gasteiger partial charge in [0.25, 0.3) is 6.71 Å². The summed E-state index contributed by atoms with van der Waals surface area (Å²) >= 11 is 0. The van der Waals surface area contributed by atoms with E-state index in [4.69, 9.17) is 4.42 Å². The Bertz CT molecular complexity index is 3070. The zero-order valence-electron chi connectivity index (χ0n) is 39.8. The average Bonchev–Trinajstić information content (AvgIpc) is 3.81. The minimum absolute atomic E-state index is 0.00608. The van der Waals surface area contributed by atoms with Crippen LogP contribution >= 0.6 is 0 Å². The van der Waals surface area contributed by atoms with Gasteiger partial charge in [0.2, 0.25) is 0 Å². The van der Waals surface area contributed by atoms with Gasteiger partial charge < -0.3 is 19.1 Å². The highest BCUT2D eigenvalue weighted by atomic mass is 16.3. The molecule has 0 aliphatic carbocycles. The van der Waals surface area contributed by atoms with Crippen LogP contribution in [0.2, 0.25) is 0 Å². The summed E-state index contributed by atoms with van der Waals surface area (Å²) in [4.78, 5) is 7.82. The number of hydrogen-bond donors (Lipinski definition) is 0. The molecule has 1 aromatic heterocycles. The molecule has 0 N–H and O–H groups in total. The summed E-state index contributed by atoms with van der Waals surface area (Å²) in [5.74, 6) is 0. The SMILES string of the molecule is CCCCCCC1(C)Cc2cccc3c2N1c1cc(C)cc2c1B3c1ccc(N(c3ccc(C(C)(C)C)cc3)c3ccc(C(C)(C)C)cc3)cc1N2c1ccc2oc3ccccc3c2c1. The van der Waals surface area contributed by atoms with E-state index < -0.39 is 0 Å². The standard InChI is InChI=1S/C60H62BN3O/c1-10-11-12-15-33-60(9)38-40-17-16-19-50-57(40)64(60)53-35-39(2)34-52-56(53)61(50)49-31-29-46(37-51(49)63(52)45-30-32-55-48(36-45)47-18-13-14-20-54(47)65-55)62(43-25-21-41(22-26-43)58(3,4)5)44-27-23-42(24-28-44)59(6,7)8/h13-14,16-32,34-37H,10-12,15,33,38H2,1-9H3. The van der Waals surface area contributed by atoms with Crippen molar-refractivity contribution in [2.75, 3.05) is 14.7 Å². The quantitative estimate of drug-likeness (QED) is 0.107. The number of nitrogens with zero attached hydrogens (tertiary/aromatic N) is 3. The highest BCUT2D eigenvalue weighted by Crippen LogP contribution is 2.51. The van der Waals surface area contributed by atoms with Crippen molar-refractivity contribution in [3.8, 4) is 0 Å². The molecular weight excluding hydrogens is 789 g/mol. The number of furan rings is 1. The molecule has 7 aromatic carbocycles. The third kappa shape index (κ3) is 6.79. The normalized spacial score (nSPS) is 16.3. The molecule has 0 radical (unpaired) electrons. The summed E-state index contributed by atoms with van der Waals surface area (Å²) in [6.45, 7) is 21.0. The Labute approximate surface area is 387 Å². The molecule has 326 valence electrons. The minimum Gasteiger partial charge on any atom is -0.456 e. The molecule has 3 aliphatic rings. The van der Waals surface area contributed by atoms with Crippen LogP contribution in [0.15, 0.2) is 144 Å². The van der Waals surface area contributed by atoms with Gasteiger partial charge in [0.05, 0.1) is 0 Å². The molecular formula is C60H62BN3O. The molecule has 5 heteroatoms. The predicted molar refractivity (Wildman–Crippen MR) is 279 cm³/mol. The van der Waals surface area contributed by atoms with Gasteiger partial charge in [0, 0.05) is 61.8 Å². The van der Waals surface area contributed by atoms with Crippen molar-refractivity contribution in [3.05, 3.63) is 162 Å². The van der Waals surface area contributed by atoms with Gasteiger partial charge in [-0.3, -0.25) is 0 Å². The van der Waals surface area contributed by atoms with E-state index >= 15 is 0 Å². The van der Waals surface area contributed by atoms with Crippen molar-refractivity contribution in [2.24, 2.45) is 0 Å². The molecule has 0 amide bonds. The van der Waals surface area contributed by atoms with Crippen LogP contribution in [0.3, 0.4) is 0 Å². The van der Waals surface area contributed by atoms with Crippen LogP contribution in [0.25, 0.3) is 21.9 Å². The van der Waals surface area contributed by atoms with Gasteiger partial charge in [0.1, 0.15) is 11.2 Å². The van der Waals surface area contributed by atoms with Crippen LogP contribution in [-0.2, 0) is 17.3 Å². The molecule has 4 heterocycles. The Balaban J connectivity index is 1.16. The third-order valence-corrected chi connectivity index (χ3v) is 14.8. The molecule has 1 atom stereocenters. The van der Waals surface area contributed by atoms with E-state index in [1.165, 1.54) is 93.5 Å². The Morgan fingerprint density at radius 3 is 1.97 bits per heavy atom. The van der Waals surface area contributed by atoms with Crippen molar-refractivity contribution in [3.63, 3.8) is 0 Å². The second kappa shape index (κ2) is 15.2. The second-order valence-electron chi connectivity index (χ2n) is 21.6. The van der Waals surface area contributed by atoms with E-state index in [9.17, 15) is 0 Å². The molecule has 0 spiro atoms. The fraction of sp³-hybridized carbons (Fsp3) is 0.300. The molecule has 3 aliphatic heterocycles. The zero-order valence-corrected chi connectivity index (χ0v) is 39.8. The minimum atomic E-state index is -0.00608. The second-order valence-corrected chi connectivity index (χ2v) is 21.6. The molecule has 65 heavy (non-hydrogen) atoms. The first-order valence-electron chi connectivity index (χ1n) is 24.1. The van der Waals surface area contributed by atoms with E-state index in [1.54, 1.807) is 0 Å². The molecule has 0 bridgehead atoms. The highest BCUT2D eigenvalue weighted by molar-refractivity contribution is 7.00. The Hall–Kier alpha value is -6.20. The maximum atomic E-state index is 6.43. The predicted octanol–water partition coefficient (Wildman–Crippen LogP) is 15.0. The first-order chi connectivity index (χ1) is 31.2. The lowest BCUT2D eigenvalue weighted by Gasteiger charge is -2.47. The zero-order chi connectivity index (χ0) is 45.0. The monoisotopic (exact) mass is 851 g/mol. The molecule has 0 saturated carbocycles. The smallest absolute Gasteiger partial charge is 0.252 e. The van der Waals surface area contributed by atoms with Crippen molar-refractivity contribution in [2.45, 2.75) is 117 Å². The summed E-state index contributed by atoms with van der Waals surface area (Å²) in [7, 11) is 0. The summed E-state index contributed by atoms with van der Waals surface area (Å²) in [5, 5.41) is 2.27. The summed E-state index contributed by atoms with van der Waals surface area (Å²) < 4.78 is 6.43. The van der Waals surface area contributed by atoms with Crippen LogP contribution in [-0.4, -0.2) is 12.3 Å². The van der Waals surface area contributed by atoms with Crippen LogP contribution in [0.1, 0.15) is 110 Å². The number of aryl methyl sites for hydroxylation is 1. The van der Waals surface area contributed by atoms with Gasteiger partial charge in [-0.1, -0.05) is 141 Å². The highest BCUT2D eigenvalue weighted by Gasteiger charge is 2.50. The van der Waals surface area contributed by atoms with Gasteiger partial charge in [-0.05, 0) is 149 Å². The molecule has 0 fully saturated rings. The van der Waals surface area contributed by atoms with Crippen LogP contribution in [0, 0.1) is 6.92 Å². The average molecular weight is 852 g/mol. The van der Waals surface area contributed by atoms with Crippen LogP contribution in [0.4, 0.5) is 45.5 Å². The number of rotatable bonds is 9. The Morgan fingerprint density at radius 1 is 0.615 bits per heavy atom. The van der Waals surface area contributed by atoms with Crippen molar-refractivity contribution < 1.29 is 4.42 Å². The maximum absolute atomic E-state index is 6.43. The molecule has 11 rings (SSSR count). The van der Waals surface area contributed by atoms with E-state index in [-0.39, 0.29) is 23.1 Å². The van der Waals surface area contributed by atoms with Crippen molar-refractivity contribution >= 4 is 90.5 Å². The number of para-hydroxylation sites is 2. The number of fused-ring (bicyclic) bond motifs is 7. The lowest BCUT2D eigenvalue weighted by atomic mass is 9.33. The first kappa shape index (κ1) is 41.5. The number of hydrogen-bond acceptors (Lipinski definition) is 4. The lowest BCUT2D eigenvalue weighted by Crippen LogP contribution is -2.63. The summed E-state index contributed by atoms with van der Waals surface area (Å²) in [6.07, 6.45) is 7.30. The third-order valence-electron chi connectivity index (χ3n) is 14.8. The molecule has 0 saturated heterocycles. The summed E-state index contributed by atoms with van der Waals surface area (Å²) in [6, 6.07) is 53.1.